The molecule has 1 aromatic heterocycles. The first-order chi connectivity index (χ1) is 12.7. The molecule has 1 aliphatic rings. The van der Waals surface area contributed by atoms with Crippen LogP contribution in [-0.4, -0.2) is 23.2 Å². The summed E-state index contributed by atoms with van der Waals surface area (Å²) in [4.78, 5) is 4.66. The van der Waals surface area contributed by atoms with E-state index in [-0.39, 0.29) is 5.41 Å². The zero-order chi connectivity index (χ0) is 17.8. The number of hydrogen-bond acceptors (Lipinski definition) is 5. The Morgan fingerprint density at radius 1 is 1.04 bits per heavy atom. The molecule has 1 saturated heterocycles. The van der Waals surface area contributed by atoms with Crippen molar-refractivity contribution in [2.45, 2.75) is 31.8 Å². The standard InChI is InChI=1S/C21H23N3O2/c1-21(11-13-22-14-12-21)20-23-19(24-26-20)17-9-7-16(8-10-17)15-25-18-5-3-2-4-6-18/h2-10,22H,11-15H2,1H3. The van der Waals surface area contributed by atoms with E-state index in [1.54, 1.807) is 0 Å². The van der Waals surface area contributed by atoms with Crippen LogP contribution < -0.4 is 10.1 Å². The van der Waals surface area contributed by atoms with E-state index in [0.29, 0.717) is 12.4 Å². The van der Waals surface area contributed by atoms with Gasteiger partial charge in [-0.05, 0) is 43.6 Å². The van der Waals surface area contributed by atoms with Crippen LogP contribution in [-0.2, 0) is 12.0 Å². The Morgan fingerprint density at radius 2 is 1.77 bits per heavy atom. The van der Waals surface area contributed by atoms with Crippen LogP contribution in [0.25, 0.3) is 11.4 Å². The minimum absolute atomic E-state index is 0.0278. The molecule has 4 rings (SSSR count). The molecule has 0 aliphatic carbocycles. The highest BCUT2D eigenvalue weighted by molar-refractivity contribution is 5.54. The number of aromatic nitrogens is 2. The molecule has 0 saturated carbocycles. The molecular formula is C21H23N3O2. The number of ether oxygens (including phenoxy) is 1. The van der Waals surface area contributed by atoms with Crippen LogP contribution in [0.5, 0.6) is 5.75 Å². The molecule has 5 nitrogen and oxygen atoms in total. The molecule has 0 amide bonds. The van der Waals surface area contributed by atoms with Gasteiger partial charge in [0.25, 0.3) is 0 Å². The maximum atomic E-state index is 5.78. The molecule has 134 valence electrons. The first kappa shape index (κ1) is 16.8. The predicted octanol–water partition coefficient (Wildman–Crippen LogP) is 3.96. The van der Waals surface area contributed by atoms with E-state index < -0.39 is 0 Å². The quantitative estimate of drug-likeness (QED) is 0.755. The molecule has 0 radical (unpaired) electrons. The van der Waals surface area contributed by atoms with Gasteiger partial charge in [-0.1, -0.05) is 54.5 Å². The van der Waals surface area contributed by atoms with Gasteiger partial charge in [-0.15, -0.1) is 0 Å². The molecule has 1 N–H and O–H groups in total. The first-order valence-corrected chi connectivity index (χ1v) is 9.05. The van der Waals surface area contributed by atoms with Gasteiger partial charge in [0, 0.05) is 11.0 Å². The van der Waals surface area contributed by atoms with Gasteiger partial charge in [0.2, 0.25) is 11.7 Å². The van der Waals surface area contributed by atoms with Crippen molar-refractivity contribution in [3.05, 3.63) is 66.1 Å². The third-order valence-electron chi connectivity index (χ3n) is 5.01. The van der Waals surface area contributed by atoms with Crippen LogP contribution in [0.15, 0.2) is 59.1 Å². The number of rotatable bonds is 5. The highest BCUT2D eigenvalue weighted by Crippen LogP contribution is 2.32. The van der Waals surface area contributed by atoms with Crippen LogP contribution >= 0.6 is 0 Å². The fraction of sp³-hybridized carbons (Fsp3) is 0.333. The number of nitrogens with zero attached hydrogens (tertiary/aromatic N) is 2. The van der Waals surface area contributed by atoms with E-state index >= 15 is 0 Å². The van der Waals surface area contributed by atoms with E-state index in [2.05, 4.69) is 22.4 Å². The van der Waals surface area contributed by atoms with Crippen molar-refractivity contribution in [1.82, 2.24) is 15.5 Å². The zero-order valence-electron chi connectivity index (χ0n) is 14.9. The van der Waals surface area contributed by atoms with Crippen molar-refractivity contribution < 1.29 is 9.26 Å². The molecule has 26 heavy (non-hydrogen) atoms. The maximum absolute atomic E-state index is 5.78. The number of hydrogen-bond donors (Lipinski definition) is 1. The van der Waals surface area contributed by atoms with E-state index in [1.807, 2.05) is 54.6 Å². The Labute approximate surface area is 153 Å². The number of benzene rings is 2. The molecule has 1 fully saturated rings. The molecule has 0 atom stereocenters. The van der Waals surface area contributed by atoms with Crippen molar-refractivity contribution in [3.63, 3.8) is 0 Å². The minimum Gasteiger partial charge on any atom is -0.489 e. The molecule has 1 aliphatic heterocycles. The third kappa shape index (κ3) is 3.63. The SMILES string of the molecule is CC1(c2nc(-c3ccc(COc4ccccc4)cc3)no2)CCNCC1. The van der Waals surface area contributed by atoms with E-state index in [4.69, 9.17) is 9.26 Å². The Bertz CT molecular complexity index is 837. The average molecular weight is 349 g/mol. The van der Waals surface area contributed by atoms with Crippen LogP contribution in [0.4, 0.5) is 0 Å². The molecule has 2 aromatic carbocycles. The zero-order valence-corrected chi connectivity index (χ0v) is 14.9. The topological polar surface area (TPSA) is 60.2 Å². The monoisotopic (exact) mass is 349 g/mol. The highest BCUT2D eigenvalue weighted by Gasteiger charge is 2.34. The lowest BCUT2D eigenvalue weighted by Gasteiger charge is -2.30. The lowest BCUT2D eigenvalue weighted by molar-refractivity contribution is 0.241. The summed E-state index contributed by atoms with van der Waals surface area (Å²) in [6.45, 7) is 4.72. The number of para-hydroxylation sites is 1. The maximum Gasteiger partial charge on any atom is 0.232 e. The minimum atomic E-state index is -0.0278. The van der Waals surface area contributed by atoms with E-state index in [0.717, 1.165) is 48.7 Å². The van der Waals surface area contributed by atoms with Gasteiger partial charge in [0.15, 0.2) is 0 Å². The molecule has 0 unspecified atom stereocenters. The molecule has 0 spiro atoms. The fourth-order valence-corrected chi connectivity index (χ4v) is 3.21. The third-order valence-corrected chi connectivity index (χ3v) is 5.01. The summed E-state index contributed by atoms with van der Waals surface area (Å²) in [5.74, 6) is 2.26. The van der Waals surface area contributed by atoms with Gasteiger partial charge in [-0.2, -0.15) is 4.98 Å². The summed E-state index contributed by atoms with van der Waals surface area (Å²) in [6.07, 6.45) is 2.04. The Morgan fingerprint density at radius 3 is 2.50 bits per heavy atom. The summed E-state index contributed by atoms with van der Waals surface area (Å²) < 4.78 is 11.4. The van der Waals surface area contributed by atoms with Crippen molar-refractivity contribution >= 4 is 0 Å². The summed E-state index contributed by atoms with van der Waals surface area (Å²) >= 11 is 0. The largest absolute Gasteiger partial charge is 0.489 e. The van der Waals surface area contributed by atoms with Crippen molar-refractivity contribution in [1.29, 1.82) is 0 Å². The van der Waals surface area contributed by atoms with Crippen LogP contribution in [0.3, 0.4) is 0 Å². The second kappa shape index (κ2) is 7.30. The molecule has 0 bridgehead atoms. The lowest BCUT2D eigenvalue weighted by Crippen LogP contribution is -2.37. The van der Waals surface area contributed by atoms with Crippen molar-refractivity contribution in [3.8, 4) is 17.1 Å². The van der Waals surface area contributed by atoms with Crippen molar-refractivity contribution in [2.75, 3.05) is 13.1 Å². The van der Waals surface area contributed by atoms with E-state index in [9.17, 15) is 0 Å². The molecule has 3 aromatic rings. The van der Waals surface area contributed by atoms with Crippen LogP contribution in [0, 0.1) is 0 Å². The van der Waals surface area contributed by atoms with Crippen LogP contribution in [0.2, 0.25) is 0 Å². The Kier molecular flexibility index (Phi) is 4.71. The van der Waals surface area contributed by atoms with Gasteiger partial charge in [0.05, 0.1) is 0 Å². The summed E-state index contributed by atoms with van der Waals surface area (Å²) in [7, 11) is 0. The first-order valence-electron chi connectivity index (χ1n) is 9.05. The average Bonchev–Trinajstić information content (AvgIpc) is 3.19. The highest BCUT2D eigenvalue weighted by atomic mass is 16.5. The normalized spacial score (nSPS) is 16.3. The Balaban J connectivity index is 1.44. The van der Waals surface area contributed by atoms with E-state index in [1.165, 1.54) is 0 Å². The van der Waals surface area contributed by atoms with Gasteiger partial charge in [-0.3, -0.25) is 0 Å². The van der Waals surface area contributed by atoms with Gasteiger partial charge in [0.1, 0.15) is 12.4 Å². The predicted molar refractivity (Wildman–Crippen MR) is 100.0 cm³/mol. The molecule has 5 heteroatoms. The Hall–Kier alpha value is -2.66. The lowest BCUT2D eigenvalue weighted by atomic mass is 9.81. The summed E-state index contributed by atoms with van der Waals surface area (Å²) in [5, 5.41) is 7.57. The second-order valence-electron chi connectivity index (χ2n) is 7.03. The smallest absolute Gasteiger partial charge is 0.232 e. The second-order valence-corrected chi connectivity index (χ2v) is 7.03. The molecular weight excluding hydrogens is 326 g/mol. The molecule has 2 heterocycles. The van der Waals surface area contributed by atoms with Gasteiger partial charge >= 0.3 is 0 Å². The van der Waals surface area contributed by atoms with Crippen molar-refractivity contribution in [2.24, 2.45) is 0 Å². The fourth-order valence-electron chi connectivity index (χ4n) is 3.21. The summed E-state index contributed by atoms with van der Waals surface area (Å²) in [6, 6.07) is 17.9. The van der Waals surface area contributed by atoms with Crippen LogP contribution in [0.1, 0.15) is 31.2 Å². The van der Waals surface area contributed by atoms with Gasteiger partial charge in [-0.25, -0.2) is 0 Å². The number of nitrogens with one attached hydrogen (secondary N) is 1. The van der Waals surface area contributed by atoms with Gasteiger partial charge < -0.3 is 14.6 Å². The summed E-state index contributed by atoms with van der Waals surface area (Å²) in [5.41, 5.74) is 2.03. The number of piperidine rings is 1.